The molecule has 2 aromatic rings. The molecule has 0 saturated heterocycles. The molecular formula is C16H21N3O. The van der Waals surface area contributed by atoms with Gasteiger partial charge in [0.25, 0.3) is 0 Å². The Hall–Kier alpha value is -1.65. The number of ether oxygens (including phenoxy) is 1. The number of H-pyrrole nitrogens is 1. The number of hydrogen-bond acceptors (Lipinski definition) is 3. The molecule has 4 heteroatoms. The lowest BCUT2D eigenvalue weighted by Crippen LogP contribution is -2.30. The number of aromatic amines is 1. The molecule has 2 heterocycles. The van der Waals surface area contributed by atoms with E-state index in [2.05, 4.69) is 46.7 Å². The Labute approximate surface area is 119 Å². The predicted molar refractivity (Wildman–Crippen MR) is 78.5 cm³/mol. The lowest BCUT2D eigenvalue weighted by atomic mass is 9.99. The minimum Gasteiger partial charge on any atom is -0.375 e. The maximum atomic E-state index is 5.65. The molecule has 0 amide bonds. The summed E-state index contributed by atoms with van der Waals surface area (Å²) in [6, 6.07) is 8.86. The summed E-state index contributed by atoms with van der Waals surface area (Å²) in [5.74, 6) is 0. The zero-order valence-corrected chi connectivity index (χ0v) is 11.9. The van der Waals surface area contributed by atoms with Gasteiger partial charge in [0.2, 0.25) is 0 Å². The average molecular weight is 271 g/mol. The van der Waals surface area contributed by atoms with Gasteiger partial charge in [-0.05, 0) is 43.0 Å². The zero-order valence-electron chi connectivity index (χ0n) is 11.9. The number of rotatable bonds is 5. The van der Waals surface area contributed by atoms with Crippen molar-refractivity contribution in [3.8, 4) is 0 Å². The van der Waals surface area contributed by atoms with Crippen molar-refractivity contribution in [3.63, 3.8) is 0 Å². The van der Waals surface area contributed by atoms with E-state index in [1.165, 1.54) is 22.4 Å². The van der Waals surface area contributed by atoms with Crippen LogP contribution in [0.2, 0.25) is 0 Å². The molecule has 1 aliphatic heterocycles. The van der Waals surface area contributed by atoms with Crippen LogP contribution in [0.1, 0.15) is 34.8 Å². The third-order valence-corrected chi connectivity index (χ3v) is 3.92. The highest BCUT2D eigenvalue weighted by molar-refractivity contribution is 5.31. The second-order valence-electron chi connectivity index (χ2n) is 5.34. The number of nitrogens with one attached hydrogen (secondary N) is 2. The van der Waals surface area contributed by atoms with Crippen molar-refractivity contribution in [2.24, 2.45) is 0 Å². The number of aromatic nitrogens is 2. The molecule has 2 N–H and O–H groups in total. The van der Waals surface area contributed by atoms with Crippen molar-refractivity contribution in [2.45, 2.75) is 32.4 Å². The van der Waals surface area contributed by atoms with Gasteiger partial charge in [0.1, 0.15) is 0 Å². The molecule has 106 valence electrons. The van der Waals surface area contributed by atoms with E-state index in [1.54, 1.807) is 0 Å². The Morgan fingerprint density at radius 2 is 2.30 bits per heavy atom. The van der Waals surface area contributed by atoms with E-state index >= 15 is 0 Å². The normalized spacial score (nSPS) is 17.9. The smallest absolute Gasteiger partial charge is 0.0721 e. The summed E-state index contributed by atoms with van der Waals surface area (Å²) >= 11 is 0. The van der Waals surface area contributed by atoms with Crippen LogP contribution in [0.3, 0.4) is 0 Å². The fraction of sp³-hybridized carbons (Fsp3) is 0.438. The molecule has 1 aromatic heterocycles. The zero-order chi connectivity index (χ0) is 13.8. The molecule has 0 fully saturated rings. The second kappa shape index (κ2) is 6.20. The summed E-state index contributed by atoms with van der Waals surface area (Å²) in [5.41, 5.74) is 5.18. The monoisotopic (exact) mass is 271 g/mol. The standard InChI is InChI=1S/C16H21N3O/c1-12-13(9-18-19-12)6-4-8-17-16-11-20-10-14-5-2-3-7-15(14)16/h2-3,5,7,9,16-17H,4,6,8,10-11H2,1H3,(H,18,19). The molecule has 1 atom stereocenters. The Balaban J connectivity index is 1.51. The Morgan fingerprint density at radius 1 is 1.40 bits per heavy atom. The summed E-state index contributed by atoms with van der Waals surface area (Å²) in [6.07, 6.45) is 4.10. The molecule has 0 radical (unpaired) electrons. The van der Waals surface area contributed by atoms with Crippen molar-refractivity contribution in [3.05, 3.63) is 52.8 Å². The Morgan fingerprint density at radius 3 is 3.15 bits per heavy atom. The van der Waals surface area contributed by atoms with E-state index in [9.17, 15) is 0 Å². The highest BCUT2D eigenvalue weighted by Gasteiger charge is 2.19. The van der Waals surface area contributed by atoms with Gasteiger partial charge in [-0.25, -0.2) is 0 Å². The topological polar surface area (TPSA) is 49.9 Å². The fourth-order valence-corrected chi connectivity index (χ4v) is 2.73. The van der Waals surface area contributed by atoms with Crippen LogP contribution in [0.15, 0.2) is 30.5 Å². The molecule has 3 rings (SSSR count). The van der Waals surface area contributed by atoms with Gasteiger partial charge in [-0.1, -0.05) is 24.3 Å². The van der Waals surface area contributed by atoms with Gasteiger partial charge < -0.3 is 10.1 Å². The first-order valence-electron chi connectivity index (χ1n) is 7.22. The molecule has 0 bridgehead atoms. The second-order valence-corrected chi connectivity index (χ2v) is 5.34. The molecule has 4 nitrogen and oxygen atoms in total. The lowest BCUT2D eigenvalue weighted by Gasteiger charge is -2.26. The number of fused-ring (bicyclic) bond motifs is 1. The fourth-order valence-electron chi connectivity index (χ4n) is 2.73. The quantitative estimate of drug-likeness (QED) is 0.822. The predicted octanol–water partition coefficient (Wildman–Crippen LogP) is 2.51. The van der Waals surface area contributed by atoms with Crippen LogP contribution in [0.25, 0.3) is 0 Å². The van der Waals surface area contributed by atoms with Crippen LogP contribution in [0.5, 0.6) is 0 Å². The Kier molecular flexibility index (Phi) is 4.14. The summed E-state index contributed by atoms with van der Waals surface area (Å²) < 4.78 is 5.65. The van der Waals surface area contributed by atoms with Gasteiger partial charge in [-0.3, -0.25) is 5.10 Å². The minimum absolute atomic E-state index is 0.324. The Bertz CT molecular complexity index is 564. The van der Waals surface area contributed by atoms with E-state index in [4.69, 9.17) is 4.74 Å². The van der Waals surface area contributed by atoms with Crippen LogP contribution in [0.4, 0.5) is 0 Å². The third kappa shape index (κ3) is 2.92. The van der Waals surface area contributed by atoms with E-state index in [0.29, 0.717) is 6.04 Å². The van der Waals surface area contributed by atoms with E-state index in [1.807, 2.05) is 6.20 Å². The molecule has 1 aromatic carbocycles. The summed E-state index contributed by atoms with van der Waals surface area (Å²) in [4.78, 5) is 0. The molecule has 1 aliphatic rings. The lowest BCUT2D eigenvalue weighted by molar-refractivity contribution is 0.0822. The van der Waals surface area contributed by atoms with Crippen molar-refractivity contribution < 1.29 is 4.74 Å². The maximum Gasteiger partial charge on any atom is 0.0721 e. The van der Waals surface area contributed by atoms with Crippen molar-refractivity contribution in [1.29, 1.82) is 0 Å². The van der Waals surface area contributed by atoms with Crippen LogP contribution < -0.4 is 5.32 Å². The molecule has 1 unspecified atom stereocenters. The largest absolute Gasteiger partial charge is 0.375 e. The molecule has 20 heavy (non-hydrogen) atoms. The number of nitrogens with zero attached hydrogens (tertiary/aromatic N) is 1. The first-order chi connectivity index (χ1) is 9.84. The van der Waals surface area contributed by atoms with E-state index in [-0.39, 0.29) is 0 Å². The van der Waals surface area contributed by atoms with Gasteiger partial charge in [-0.15, -0.1) is 0 Å². The number of benzene rings is 1. The minimum atomic E-state index is 0.324. The summed E-state index contributed by atoms with van der Waals surface area (Å²) in [6.45, 7) is 4.57. The van der Waals surface area contributed by atoms with Crippen molar-refractivity contribution in [1.82, 2.24) is 15.5 Å². The average Bonchev–Trinajstić information content (AvgIpc) is 2.89. The maximum absolute atomic E-state index is 5.65. The molecule has 0 spiro atoms. The number of hydrogen-bond donors (Lipinski definition) is 2. The van der Waals surface area contributed by atoms with Gasteiger partial charge in [0.05, 0.1) is 25.5 Å². The molecule has 0 saturated carbocycles. The van der Waals surface area contributed by atoms with Crippen molar-refractivity contribution in [2.75, 3.05) is 13.2 Å². The van der Waals surface area contributed by atoms with Gasteiger partial charge in [0, 0.05) is 5.69 Å². The first kappa shape index (κ1) is 13.3. The summed E-state index contributed by atoms with van der Waals surface area (Å²) in [7, 11) is 0. The van der Waals surface area contributed by atoms with Crippen LogP contribution in [0, 0.1) is 6.92 Å². The van der Waals surface area contributed by atoms with Crippen molar-refractivity contribution >= 4 is 0 Å². The number of aryl methyl sites for hydroxylation is 2. The van der Waals surface area contributed by atoms with Gasteiger partial charge in [0.15, 0.2) is 0 Å². The highest BCUT2D eigenvalue weighted by atomic mass is 16.5. The molecular weight excluding hydrogens is 250 g/mol. The first-order valence-corrected chi connectivity index (χ1v) is 7.22. The van der Waals surface area contributed by atoms with Gasteiger partial charge in [-0.2, -0.15) is 5.10 Å². The van der Waals surface area contributed by atoms with Crippen LogP contribution in [-0.2, 0) is 17.8 Å². The van der Waals surface area contributed by atoms with Crippen LogP contribution in [-0.4, -0.2) is 23.3 Å². The molecule has 0 aliphatic carbocycles. The van der Waals surface area contributed by atoms with Gasteiger partial charge >= 0.3 is 0 Å². The summed E-state index contributed by atoms with van der Waals surface area (Å²) in [5, 5.41) is 10.6. The van der Waals surface area contributed by atoms with E-state index in [0.717, 1.165) is 32.6 Å². The third-order valence-electron chi connectivity index (χ3n) is 3.92. The van der Waals surface area contributed by atoms with Crippen LogP contribution >= 0.6 is 0 Å². The SMILES string of the molecule is Cc1[nH]ncc1CCCNC1COCc2ccccc21. The highest BCUT2D eigenvalue weighted by Crippen LogP contribution is 2.24. The van der Waals surface area contributed by atoms with E-state index < -0.39 is 0 Å².